The minimum Gasteiger partial charge on any atom is -0.508 e. The summed E-state index contributed by atoms with van der Waals surface area (Å²) in [7, 11) is 0. The molecule has 4 atom stereocenters. The van der Waals surface area contributed by atoms with Gasteiger partial charge in [0.15, 0.2) is 11.6 Å². The highest BCUT2D eigenvalue weighted by molar-refractivity contribution is 6.05. The van der Waals surface area contributed by atoms with E-state index >= 15 is 0 Å². The summed E-state index contributed by atoms with van der Waals surface area (Å²) in [5.74, 6) is 0.287. The number of ether oxygens (including phenoxy) is 5. The van der Waals surface area contributed by atoms with Crippen LogP contribution >= 0.6 is 0 Å². The van der Waals surface area contributed by atoms with Gasteiger partial charge in [-0.1, -0.05) is 23.3 Å². The molecule has 0 fully saturated rings. The molecule has 4 aliphatic rings. The van der Waals surface area contributed by atoms with Gasteiger partial charge in [0, 0.05) is 47.4 Å². The summed E-state index contributed by atoms with van der Waals surface area (Å²) in [6.07, 6.45) is 9.54. The first-order chi connectivity index (χ1) is 28.5. The van der Waals surface area contributed by atoms with E-state index in [0.29, 0.717) is 59.4 Å². The maximum Gasteiger partial charge on any atom is 0.174 e. The summed E-state index contributed by atoms with van der Waals surface area (Å²) < 4.78 is 32.0. The van der Waals surface area contributed by atoms with Crippen molar-refractivity contribution in [2.75, 3.05) is 0 Å². The van der Waals surface area contributed by atoms with Crippen molar-refractivity contribution in [1.29, 1.82) is 0 Å². The van der Waals surface area contributed by atoms with Gasteiger partial charge in [-0.3, -0.25) is 9.59 Å². The van der Waals surface area contributed by atoms with E-state index < -0.39 is 23.4 Å². The van der Waals surface area contributed by atoms with Crippen LogP contribution in [0.1, 0.15) is 135 Å². The molecule has 8 rings (SSSR count). The Morgan fingerprint density at radius 2 is 1.42 bits per heavy atom. The quantitative estimate of drug-likeness (QED) is 0.119. The number of phenols is 4. The van der Waals surface area contributed by atoms with Crippen molar-refractivity contribution in [2.24, 2.45) is 0 Å². The zero-order valence-electron chi connectivity index (χ0n) is 34.7. The van der Waals surface area contributed by atoms with E-state index in [9.17, 15) is 30.0 Å². The Kier molecular flexibility index (Phi) is 10.3. The maximum atomic E-state index is 13.7. The van der Waals surface area contributed by atoms with E-state index in [-0.39, 0.29) is 81.5 Å². The van der Waals surface area contributed by atoms with Crippen molar-refractivity contribution >= 4 is 17.6 Å². The lowest BCUT2D eigenvalue weighted by Gasteiger charge is -2.38. The molecule has 4 aromatic carbocycles. The van der Waals surface area contributed by atoms with E-state index in [1.165, 1.54) is 41.5 Å². The molecule has 0 amide bonds. The summed E-state index contributed by atoms with van der Waals surface area (Å²) in [6.45, 7) is 12.1. The van der Waals surface area contributed by atoms with Gasteiger partial charge < -0.3 is 44.1 Å². The number of hydrogen-bond acceptors (Lipinski definition) is 11. The molecular formula is C49H50O11. The molecule has 312 valence electrons. The largest absolute Gasteiger partial charge is 0.508 e. The highest BCUT2D eigenvalue weighted by Gasteiger charge is 2.40. The molecule has 0 aromatic heterocycles. The summed E-state index contributed by atoms with van der Waals surface area (Å²) in [6, 6.07) is 12.0. The minimum atomic E-state index is -0.890. The van der Waals surface area contributed by atoms with Gasteiger partial charge in [0.2, 0.25) is 0 Å². The first-order valence-corrected chi connectivity index (χ1v) is 20.4. The smallest absolute Gasteiger partial charge is 0.174 e. The number of phenolic OH excluding ortho intramolecular Hbond substituents is 4. The van der Waals surface area contributed by atoms with Crippen LogP contribution in [0.25, 0.3) is 6.08 Å². The first kappa shape index (κ1) is 40.4. The Morgan fingerprint density at radius 3 is 2.12 bits per heavy atom. The van der Waals surface area contributed by atoms with Gasteiger partial charge >= 0.3 is 0 Å². The SMILES string of the molecule is CC(C)=CCC[C@]1(C)C=Cc2c(cc(O)c3c2O[C@@H](c2ccc(Oc4cc(O)ccc4[C@H]4CC(=O)c5c(O)cc6c(c5O4)CC[C@@](C)(CC=C(C)C)O6)cc2O)CC3=O)O1. The molecular weight excluding hydrogens is 765 g/mol. The monoisotopic (exact) mass is 814 g/mol. The number of allylic oxidation sites excluding steroid dienone is 3. The highest BCUT2D eigenvalue weighted by atomic mass is 16.5. The van der Waals surface area contributed by atoms with E-state index in [0.717, 1.165) is 6.42 Å². The van der Waals surface area contributed by atoms with Gasteiger partial charge in [-0.2, -0.15) is 0 Å². The maximum absolute atomic E-state index is 13.7. The Bertz CT molecular complexity index is 2520. The summed E-state index contributed by atoms with van der Waals surface area (Å²) >= 11 is 0. The van der Waals surface area contributed by atoms with Gasteiger partial charge in [0.1, 0.15) is 92.0 Å². The fourth-order valence-corrected chi connectivity index (χ4v) is 8.38. The molecule has 4 aliphatic heterocycles. The zero-order chi connectivity index (χ0) is 42.7. The number of benzene rings is 4. The molecule has 0 spiro atoms. The van der Waals surface area contributed by atoms with Gasteiger partial charge in [-0.05, 0) is 104 Å². The number of fused-ring (bicyclic) bond motifs is 6. The molecule has 0 bridgehead atoms. The van der Waals surface area contributed by atoms with Crippen LogP contribution in [0.2, 0.25) is 0 Å². The van der Waals surface area contributed by atoms with Crippen LogP contribution in [0.5, 0.6) is 57.5 Å². The number of Topliss-reactive ketones (excluding diaryl/α,β-unsaturated/α-hetero) is 2. The number of rotatable bonds is 9. The van der Waals surface area contributed by atoms with E-state index in [1.807, 2.05) is 53.7 Å². The average molecular weight is 815 g/mol. The molecule has 11 nitrogen and oxygen atoms in total. The lowest BCUT2D eigenvalue weighted by atomic mass is 9.86. The first-order valence-electron chi connectivity index (χ1n) is 20.4. The average Bonchev–Trinajstić information content (AvgIpc) is 3.16. The van der Waals surface area contributed by atoms with Crippen LogP contribution in [0, 0.1) is 0 Å². The van der Waals surface area contributed by atoms with Crippen LogP contribution in [-0.4, -0.2) is 43.2 Å². The molecule has 4 N–H and O–H groups in total. The lowest BCUT2D eigenvalue weighted by Crippen LogP contribution is -2.36. The van der Waals surface area contributed by atoms with Crippen molar-refractivity contribution < 1.29 is 53.7 Å². The van der Waals surface area contributed by atoms with Crippen molar-refractivity contribution in [1.82, 2.24) is 0 Å². The van der Waals surface area contributed by atoms with Crippen LogP contribution < -0.4 is 23.7 Å². The minimum absolute atomic E-state index is 0.0643. The molecule has 4 aromatic rings. The van der Waals surface area contributed by atoms with Crippen LogP contribution in [0.3, 0.4) is 0 Å². The fourth-order valence-electron chi connectivity index (χ4n) is 8.38. The van der Waals surface area contributed by atoms with E-state index in [4.69, 9.17) is 23.7 Å². The Morgan fingerprint density at radius 1 is 0.767 bits per heavy atom. The highest BCUT2D eigenvalue weighted by Crippen LogP contribution is 2.52. The number of ketones is 2. The molecule has 0 aliphatic carbocycles. The molecule has 0 saturated heterocycles. The predicted molar refractivity (Wildman–Crippen MR) is 225 cm³/mol. The van der Waals surface area contributed by atoms with Crippen molar-refractivity contribution in [3.8, 4) is 57.5 Å². The molecule has 4 heterocycles. The van der Waals surface area contributed by atoms with Crippen LogP contribution in [0.15, 0.2) is 77.9 Å². The molecule has 0 saturated carbocycles. The Labute approximate surface area is 349 Å². The molecule has 60 heavy (non-hydrogen) atoms. The predicted octanol–water partition coefficient (Wildman–Crippen LogP) is 11.1. The van der Waals surface area contributed by atoms with Crippen molar-refractivity contribution in [2.45, 2.75) is 110 Å². The second-order valence-corrected chi connectivity index (χ2v) is 17.2. The Balaban J connectivity index is 1.04. The van der Waals surface area contributed by atoms with E-state index in [2.05, 4.69) is 12.2 Å². The Hall–Kier alpha value is -6.36. The third-order valence-electron chi connectivity index (χ3n) is 11.7. The molecule has 11 heteroatoms. The van der Waals surface area contributed by atoms with Crippen LogP contribution in [-0.2, 0) is 6.42 Å². The van der Waals surface area contributed by atoms with Crippen molar-refractivity contribution in [3.05, 3.63) is 111 Å². The van der Waals surface area contributed by atoms with Crippen molar-refractivity contribution in [3.63, 3.8) is 0 Å². The lowest BCUT2D eigenvalue weighted by molar-refractivity contribution is 0.0634. The number of aromatic hydroxyl groups is 4. The number of hydrogen-bond donors (Lipinski definition) is 4. The summed E-state index contributed by atoms with van der Waals surface area (Å²) in [4.78, 5) is 27.2. The second kappa shape index (κ2) is 15.3. The number of carbonyl (C=O) groups is 2. The van der Waals surface area contributed by atoms with Gasteiger partial charge in [0.05, 0.1) is 18.4 Å². The second-order valence-electron chi connectivity index (χ2n) is 17.2. The zero-order valence-corrected chi connectivity index (χ0v) is 34.7. The van der Waals surface area contributed by atoms with Crippen LogP contribution in [0.4, 0.5) is 0 Å². The normalized spacial score (nSPS) is 22.4. The molecule has 0 unspecified atom stereocenters. The number of carbonyl (C=O) groups excluding carboxylic acids is 2. The molecule has 0 radical (unpaired) electrons. The topological polar surface area (TPSA) is 161 Å². The third kappa shape index (κ3) is 7.76. The summed E-state index contributed by atoms with van der Waals surface area (Å²) in [5.41, 5.74) is 3.47. The van der Waals surface area contributed by atoms with Gasteiger partial charge in [0.25, 0.3) is 0 Å². The standard InChI is InChI=1S/C49H50O11/c1-26(2)8-7-16-48(5)18-14-32-42(59-48)24-37(54)44-35(52)22-40(57-46(32)44)30-12-10-29(21-34(30)51)56-39-20-28(50)9-11-31(39)41-23-36(53)45-38(55)25-43-33(47(45)58-41)15-19-49(6,60-43)17-13-27(3)4/h8-14,18,20-21,24-25,40-41,50-51,54-55H,7,15-17,19,22-23H2,1-6H3/t40-,41-,48-,49-/m1/s1. The van der Waals surface area contributed by atoms with Gasteiger partial charge in [-0.25, -0.2) is 0 Å². The van der Waals surface area contributed by atoms with E-state index in [1.54, 1.807) is 18.2 Å². The summed E-state index contributed by atoms with van der Waals surface area (Å²) in [5, 5.41) is 43.9. The van der Waals surface area contributed by atoms with Gasteiger partial charge in [-0.15, -0.1) is 0 Å². The third-order valence-corrected chi connectivity index (χ3v) is 11.7. The fraction of sp³-hybridized carbons (Fsp3) is 0.347.